The van der Waals surface area contributed by atoms with Gasteiger partial charge in [0.05, 0.1) is 12.1 Å². The first-order valence-electron chi connectivity index (χ1n) is 10.8. The maximum absolute atomic E-state index is 12.8. The highest BCUT2D eigenvalue weighted by Crippen LogP contribution is 2.49. The van der Waals surface area contributed by atoms with Crippen molar-refractivity contribution in [2.75, 3.05) is 32.7 Å². The Morgan fingerprint density at radius 2 is 1.59 bits per heavy atom. The Morgan fingerprint density at radius 1 is 0.938 bits per heavy atom. The summed E-state index contributed by atoms with van der Waals surface area (Å²) in [5, 5.41) is 2.91. The maximum atomic E-state index is 12.8. The number of nitrogens with zero attached hydrogens (tertiary/aromatic N) is 2. The van der Waals surface area contributed by atoms with E-state index in [1.807, 2.05) is 40.1 Å². The van der Waals surface area contributed by atoms with Crippen LogP contribution in [0.1, 0.15) is 29.0 Å². The van der Waals surface area contributed by atoms with E-state index in [1.165, 1.54) is 12.1 Å². The molecular formula is C24H26F3N3O2. The summed E-state index contributed by atoms with van der Waals surface area (Å²) in [4.78, 5) is 28.9. The van der Waals surface area contributed by atoms with Gasteiger partial charge in [0.1, 0.15) is 0 Å². The molecule has 2 aromatic carbocycles. The lowest BCUT2D eigenvalue weighted by Gasteiger charge is -2.34. The van der Waals surface area contributed by atoms with E-state index in [0.29, 0.717) is 45.7 Å². The summed E-state index contributed by atoms with van der Waals surface area (Å²) in [6, 6.07) is 14.8. The summed E-state index contributed by atoms with van der Waals surface area (Å²) in [6.07, 6.45) is -3.68. The second-order valence-electron chi connectivity index (χ2n) is 8.43. The Labute approximate surface area is 185 Å². The number of halogens is 3. The average Bonchev–Trinajstić information content (AvgIpc) is 3.59. The fourth-order valence-electron chi connectivity index (χ4n) is 4.17. The highest BCUT2D eigenvalue weighted by atomic mass is 19.4. The van der Waals surface area contributed by atoms with Crippen molar-refractivity contribution < 1.29 is 22.8 Å². The van der Waals surface area contributed by atoms with Gasteiger partial charge >= 0.3 is 6.18 Å². The molecule has 2 aliphatic rings. The van der Waals surface area contributed by atoms with Crippen LogP contribution in [0.25, 0.3) is 0 Å². The topological polar surface area (TPSA) is 52.7 Å². The molecule has 1 N–H and O–H groups in total. The van der Waals surface area contributed by atoms with Crippen LogP contribution in [0, 0.1) is 5.92 Å². The number of piperazine rings is 1. The zero-order valence-electron chi connectivity index (χ0n) is 17.6. The molecule has 4 rings (SSSR count). The number of nitrogens with one attached hydrogen (secondary N) is 1. The van der Waals surface area contributed by atoms with Gasteiger partial charge in [0.25, 0.3) is 0 Å². The fourth-order valence-corrected chi connectivity index (χ4v) is 4.17. The van der Waals surface area contributed by atoms with E-state index in [2.05, 4.69) is 5.32 Å². The number of amides is 2. The first-order chi connectivity index (χ1) is 15.3. The quantitative estimate of drug-likeness (QED) is 0.743. The number of hydrogen-bond acceptors (Lipinski definition) is 3. The summed E-state index contributed by atoms with van der Waals surface area (Å²) < 4.78 is 38.2. The summed E-state index contributed by atoms with van der Waals surface area (Å²) in [5.41, 5.74) is 1.15. The molecule has 1 heterocycles. The minimum atomic E-state index is -4.35. The number of alkyl halides is 3. The number of hydrogen-bond donors (Lipinski definition) is 1. The first kappa shape index (κ1) is 22.3. The third kappa shape index (κ3) is 5.48. The normalized spacial score (nSPS) is 21.3. The molecule has 1 saturated heterocycles. The van der Waals surface area contributed by atoms with Crippen LogP contribution in [-0.2, 0) is 22.3 Å². The van der Waals surface area contributed by atoms with Gasteiger partial charge in [-0.15, -0.1) is 0 Å². The highest BCUT2D eigenvalue weighted by Gasteiger charge is 2.46. The number of rotatable bonds is 6. The van der Waals surface area contributed by atoms with Gasteiger partial charge in [-0.25, -0.2) is 0 Å². The van der Waals surface area contributed by atoms with Gasteiger partial charge in [-0.3, -0.25) is 14.5 Å². The lowest BCUT2D eigenvalue weighted by Crippen LogP contribution is -2.51. The lowest BCUT2D eigenvalue weighted by atomic mass is 10.1. The van der Waals surface area contributed by atoms with Gasteiger partial charge in [0, 0.05) is 38.6 Å². The van der Waals surface area contributed by atoms with Gasteiger partial charge in [0.2, 0.25) is 11.8 Å². The van der Waals surface area contributed by atoms with Crippen LogP contribution in [0.4, 0.5) is 13.2 Å². The summed E-state index contributed by atoms with van der Waals surface area (Å²) in [7, 11) is 0. The predicted molar refractivity (Wildman–Crippen MR) is 114 cm³/mol. The Hall–Kier alpha value is -2.87. The average molecular weight is 445 g/mol. The second kappa shape index (κ2) is 9.32. The van der Waals surface area contributed by atoms with Crippen LogP contribution < -0.4 is 5.32 Å². The van der Waals surface area contributed by atoms with Crippen molar-refractivity contribution in [1.29, 1.82) is 0 Å². The van der Waals surface area contributed by atoms with Crippen molar-refractivity contribution in [3.63, 3.8) is 0 Å². The Morgan fingerprint density at radius 3 is 2.22 bits per heavy atom. The molecule has 0 radical (unpaired) electrons. The third-order valence-corrected chi connectivity index (χ3v) is 6.16. The van der Waals surface area contributed by atoms with Gasteiger partial charge in [-0.05, 0) is 35.6 Å². The van der Waals surface area contributed by atoms with Gasteiger partial charge < -0.3 is 10.2 Å². The van der Waals surface area contributed by atoms with Crippen LogP contribution in [0.5, 0.6) is 0 Å². The molecule has 2 atom stereocenters. The number of benzene rings is 2. The second-order valence-corrected chi connectivity index (χ2v) is 8.43. The predicted octanol–water partition coefficient (Wildman–Crippen LogP) is 3.27. The van der Waals surface area contributed by atoms with Crippen molar-refractivity contribution in [1.82, 2.24) is 15.1 Å². The third-order valence-electron chi connectivity index (χ3n) is 6.16. The molecule has 1 saturated carbocycles. The van der Waals surface area contributed by atoms with E-state index in [9.17, 15) is 22.8 Å². The molecule has 32 heavy (non-hydrogen) atoms. The fraction of sp³-hybridized carbons (Fsp3) is 0.417. The van der Waals surface area contributed by atoms with Crippen molar-refractivity contribution in [2.45, 2.75) is 25.1 Å². The minimum Gasteiger partial charge on any atom is -0.351 e. The van der Waals surface area contributed by atoms with Gasteiger partial charge in [-0.1, -0.05) is 42.5 Å². The lowest BCUT2D eigenvalue weighted by molar-refractivity contribution is -0.138. The van der Waals surface area contributed by atoms with Crippen LogP contribution in [0.15, 0.2) is 54.6 Å². The van der Waals surface area contributed by atoms with E-state index in [1.54, 1.807) is 0 Å². The van der Waals surface area contributed by atoms with Crippen molar-refractivity contribution in [3.05, 3.63) is 71.3 Å². The van der Waals surface area contributed by atoms with Gasteiger partial charge in [-0.2, -0.15) is 13.2 Å². The monoisotopic (exact) mass is 445 g/mol. The smallest absolute Gasteiger partial charge is 0.351 e. The molecule has 5 nitrogen and oxygen atoms in total. The summed E-state index contributed by atoms with van der Waals surface area (Å²) in [6.45, 7) is 3.16. The SMILES string of the molecule is O=C(CN1CCN(C(=O)C2CC2c2ccc(C(F)(F)F)cc2)CC1)NCc1ccccc1. The molecule has 0 aromatic heterocycles. The zero-order chi connectivity index (χ0) is 22.7. The van der Waals surface area contributed by atoms with Crippen LogP contribution in [0.3, 0.4) is 0 Å². The number of carbonyl (C=O) groups is 2. The Bertz CT molecular complexity index is 939. The molecule has 2 fully saturated rings. The Kier molecular flexibility index (Phi) is 6.50. The van der Waals surface area contributed by atoms with Gasteiger partial charge in [0.15, 0.2) is 0 Å². The molecule has 8 heteroatoms. The first-order valence-corrected chi connectivity index (χ1v) is 10.8. The highest BCUT2D eigenvalue weighted by molar-refractivity contribution is 5.83. The van der Waals surface area contributed by atoms with E-state index < -0.39 is 11.7 Å². The number of carbonyl (C=O) groups excluding carboxylic acids is 2. The molecular weight excluding hydrogens is 419 g/mol. The molecule has 2 unspecified atom stereocenters. The Balaban J connectivity index is 1.20. The molecule has 1 aliphatic carbocycles. The van der Waals surface area contributed by atoms with E-state index >= 15 is 0 Å². The standard InChI is InChI=1S/C24H26F3N3O2/c25-24(26,27)19-8-6-18(7-9-19)20-14-21(20)23(32)30-12-10-29(11-13-30)16-22(31)28-15-17-4-2-1-3-5-17/h1-9,20-21H,10-16H2,(H,28,31). The maximum Gasteiger partial charge on any atom is 0.416 e. The van der Waals surface area contributed by atoms with Crippen LogP contribution >= 0.6 is 0 Å². The van der Waals surface area contributed by atoms with Crippen molar-refractivity contribution >= 4 is 11.8 Å². The molecule has 170 valence electrons. The summed E-state index contributed by atoms with van der Waals surface area (Å²) >= 11 is 0. The van der Waals surface area contributed by atoms with Crippen LogP contribution in [-0.4, -0.2) is 54.3 Å². The minimum absolute atomic E-state index is 0.00780. The molecule has 0 spiro atoms. The molecule has 0 bridgehead atoms. The molecule has 2 amide bonds. The summed E-state index contributed by atoms with van der Waals surface area (Å²) in [5.74, 6) is -0.152. The van der Waals surface area contributed by atoms with Crippen molar-refractivity contribution in [3.8, 4) is 0 Å². The van der Waals surface area contributed by atoms with Crippen molar-refractivity contribution in [2.24, 2.45) is 5.92 Å². The molecule has 2 aromatic rings. The van der Waals surface area contributed by atoms with E-state index in [4.69, 9.17) is 0 Å². The van der Waals surface area contributed by atoms with E-state index in [0.717, 1.165) is 23.3 Å². The van der Waals surface area contributed by atoms with E-state index in [-0.39, 0.29) is 23.7 Å². The molecule has 1 aliphatic heterocycles. The largest absolute Gasteiger partial charge is 0.416 e. The van der Waals surface area contributed by atoms with Crippen LogP contribution in [0.2, 0.25) is 0 Å². The zero-order valence-corrected chi connectivity index (χ0v) is 17.6.